The van der Waals surface area contributed by atoms with Crippen LogP contribution in [0.3, 0.4) is 0 Å². The SMILES string of the molecule is CC(Sc1ccc(S(=O)(=O)N2CCCCC2)cn1)C(=O)NC(c1ccccc1)c1ccccc1. The topological polar surface area (TPSA) is 79.4 Å². The van der Waals surface area contributed by atoms with Crippen LogP contribution in [0.2, 0.25) is 0 Å². The van der Waals surface area contributed by atoms with Gasteiger partial charge in [0.25, 0.3) is 0 Å². The van der Waals surface area contributed by atoms with Crippen LogP contribution in [-0.2, 0) is 14.8 Å². The lowest BCUT2D eigenvalue weighted by molar-refractivity contribution is -0.120. The quantitative estimate of drug-likeness (QED) is 0.461. The van der Waals surface area contributed by atoms with Crippen LogP contribution in [0.5, 0.6) is 0 Å². The number of carbonyl (C=O) groups excluding carboxylic acids is 1. The van der Waals surface area contributed by atoms with Crippen molar-refractivity contribution in [3.05, 3.63) is 90.1 Å². The number of sulfonamides is 1. The molecule has 1 aliphatic rings. The van der Waals surface area contributed by atoms with Gasteiger partial charge in [0.1, 0.15) is 4.90 Å². The zero-order valence-electron chi connectivity index (χ0n) is 19.1. The maximum absolute atomic E-state index is 13.1. The van der Waals surface area contributed by atoms with E-state index in [1.54, 1.807) is 12.1 Å². The summed E-state index contributed by atoms with van der Waals surface area (Å²) in [4.78, 5) is 17.6. The highest BCUT2D eigenvalue weighted by Crippen LogP contribution is 2.27. The van der Waals surface area contributed by atoms with Gasteiger partial charge >= 0.3 is 0 Å². The third kappa shape index (κ3) is 5.87. The van der Waals surface area contributed by atoms with Gasteiger partial charge in [-0.15, -0.1) is 0 Å². The van der Waals surface area contributed by atoms with Crippen molar-refractivity contribution in [3.8, 4) is 0 Å². The van der Waals surface area contributed by atoms with Crippen molar-refractivity contribution >= 4 is 27.7 Å². The number of benzene rings is 2. The van der Waals surface area contributed by atoms with Crippen molar-refractivity contribution in [2.45, 2.75) is 47.4 Å². The molecule has 1 fully saturated rings. The zero-order chi connectivity index (χ0) is 24.0. The molecule has 8 heteroatoms. The number of pyridine rings is 1. The van der Waals surface area contributed by atoms with Crippen molar-refractivity contribution in [1.29, 1.82) is 0 Å². The molecular weight excluding hydrogens is 466 g/mol. The molecular formula is C26H29N3O3S2. The summed E-state index contributed by atoms with van der Waals surface area (Å²) in [5, 5.41) is 3.36. The van der Waals surface area contributed by atoms with Crippen LogP contribution in [0.25, 0.3) is 0 Å². The largest absolute Gasteiger partial charge is 0.344 e. The van der Waals surface area contributed by atoms with Gasteiger partial charge in [-0.05, 0) is 43.0 Å². The number of aromatic nitrogens is 1. The molecule has 1 unspecified atom stereocenters. The maximum atomic E-state index is 13.1. The molecule has 3 aromatic rings. The second-order valence-electron chi connectivity index (χ2n) is 8.32. The number of carbonyl (C=O) groups is 1. The van der Waals surface area contributed by atoms with E-state index in [4.69, 9.17) is 0 Å². The lowest BCUT2D eigenvalue weighted by Gasteiger charge is -2.25. The molecule has 0 radical (unpaired) electrons. The van der Waals surface area contributed by atoms with Crippen LogP contribution in [0, 0.1) is 0 Å². The van der Waals surface area contributed by atoms with Crippen molar-refractivity contribution in [3.63, 3.8) is 0 Å². The number of hydrogen-bond acceptors (Lipinski definition) is 5. The molecule has 2 aromatic carbocycles. The molecule has 1 aromatic heterocycles. The van der Waals surface area contributed by atoms with Gasteiger partial charge in [-0.3, -0.25) is 4.79 Å². The Balaban J connectivity index is 1.43. The molecule has 0 saturated carbocycles. The van der Waals surface area contributed by atoms with Gasteiger partial charge in [-0.25, -0.2) is 13.4 Å². The van der Waals surface area contributed by atoms with E-state index in [0.717, 1.165) is 30.4 Å². The third-order valence-electron chi connectivity index (χ3n) is 5.88. The molecule has 1 aliphatic heterocycles. The van der Waals surface area contributed by atoms with Crippen molar-refractivity contribution < 1.29 is 13.2 Å². The zero-order valence-corrected chi connectivity index (χ0v) is 20.8. The van der Waals surface area contributed by atoms with E-state index in [1.165, 1.54) is 22.3 Å². The molecule has 0 spiro atoms. The van der Waals surface area contributed by atoms with Crippen LogP contribution in [0.4, 0.5) is 0 Å². The first kappa shape index (κ1) is 24.4. The number of amides is 1. The molecule has 0 bridgehead atoms. The molecule has 6 nitrogen and oxygen atoms in total. The Labute approximate surface area is 205 Å². The second-order valence-corrected chi connectivity index (χ2v) is 11.6. The summed E-state index contributed by atoms with van der Waals surface area (Å²) in [6.45, 7) is 2.94. The fourth-order valence-corrected chi connectivity index (χ4v) is 6.25. The monoisotopic (exact) mass is 495 g/mol. The van der Waals surface area contributed by atoms with Crippen molar-refractivity contribution in [1.82, 2.24) is 14.6 Å². The standard InChI is InChI=1S/C26H29N3O3S2/c1-20(26(30)28-25(21-11-5-2-6-12-21)22-13-7-3-8-14-22)33-24-16-15-23(19-27-24)34(31,32)29-17-9-4-10-18-29/h2-3,5-8,11-16,19-20,25H,4,9-10,17-18H2,1H3,(H,28,30). The predicted octanol–water partition coefficient (Wildman–Crippen LogP) is 4.64. The smallest absolute Gasteiger partial charge is 0.244 e. The number of rotatable bonds is 8. The molecule has 1 amide bonds. The summed E-state index contributed by atoms with van der Waals surface area (Å²) in [5.41, 5.74) is 2.01. The van der Waals surface area contributed by atoms with Crippen LogP contribution >= 0.6 is 11.8 Å². The van der Waals surface area contributed by atoms with Gasteiger partial charge in [0, 0.05) is 19.3 Å². The van der Waals surface area contributed by atoms with E-state index >= 15 is 0 Å². The number of hydrogen-bond donors (Lipinski definition) is 1. The van der Waals surface area contributed by atoms with E-state index in [-0.39, 0.29) is 16.8 Å². The number of thioether (sulfide) groups is 1. The highest BCUT2D eigenvalue weighted by molar-refractivity contribution is 8.00. The van der Waals surface area contributed by atoms with Gasteiger partial charge in [0.05, 0.1) is 16.3 Å². The molecule has 2 heterocycles. The fourth-order valence-electron chi connectivity index (χ4n) is 3.99. The molecule has 34 heavy (non-hydrogen) atoms. The lowest BCUT2D eigenvalue weighted by atomic mass is 9.98. The lowest BCUT2D eigenvalue weighted by Crippen LogP contribution is -2.35. The van der Waals surface area contributed by atoms with Gasteiger partial charge < -0.3 is 5.32 Å². The van der Waals surface area contributed by atoms with Crippen LogP contribution in [-0.4, -0.2) is 42.0 Å². The van der Waals surface area contributed by atoms with Gasteiger partial charge in [-0.2, -0.15) is 4.31 Å². The van der Waals surface area contributed by atoms with Crippen molar-refractivity contribution in [2.24, 2.45) is 0 Å². The first-order valence-electron chi connectivity index (χ1n) is 11.5. The average Bonchev–Trinajstić information content (AvgIpc) is 2.89. The summed E-state index contributed by atoms with van der Waals surface area (Å²) in [6, 6.07) is 22.7. The minimum Gasteiger partial charge on any atom is -0.344 e. The Kier molecular flexibility index (Phi) is 8.03. The Morgan fingerprint density at radius 2 is 1.50 bits per heavy atom. The summed E-state index contributed by atoms with van der Waals surface area (Å²) in [7, 11) is -3.52. The van der Waals surface area contributed by atoms with Gasteiger partial charge in [-0.1, -0.05) is 78.8 Å². The fraction of sp³-hybridized carbons (Fsp3) is 0.308. The van der Waals surface area contributed by atoms with E-state index in [1.807, 2.05) is 67.6 Å². The first-order chi connectivity index (χ1) is 16.4. The summed E-state index contributed by atoms with van der Waals surface area (Å²) >= 11 is 1.31. The molecule has 0 aliphatic carbocycles. The summed E-state index contributed by atoms with van der Waals surface area (Å²) in [6.07, 6.45) is 4.24. The van der Waals surface area contributed by atoms with Gasteiger partial charge in [0.2, 0.25) is 15.9 Å². The highest BCUT2D eigenvalue weighted by Gasteiger charge is 2.27. The Hall–Kier alpha value is -2.68. The highest BCUT2D eigenvalue weighted by atomic mass is 32.2. The number of piperidine rings is 1. The number of nitrogens with zero attached hydrogens (tertiary/aromatic N) is 2. The molecule has 1 N–H and O–H groups in total. The third-order valence-corrected chi connectivity index (χ3v) is 8.81. The second kappa shape index (κ2) is 11.2. The Morgan fingerprint density at radius 1 is 0.912 bits per heavy atom. The minimum atomic E-state index is -3.52. The maximum Gasteiger partial charge on any atom is 0.244 e. The predicted molar refractivity (Wildman–Crippen MR) is 135 cm³/mol. The van der Waals surface area contributed by atoms with E-state index < -0.39 is 15.3 Å². The van der Waals surface area contributed by atoms with Crippen LogP contribution in [0.15, 0.2) is 88.9 Å². The summed E-state index contributed by atoms with van der Waals surface area (Å²) in [5.74, 6) is -0.116. The Morgan fingerprint density at radius 3 is 2.03 bits per heavy atom. The molecule has 1 atom stereocenters. The first-order valence-corrected chi connectivity index (χ1v) is 13.8. The van der Waals surface area contributed by atoms with Crippen LogP contribution in [0.1, 0.15) is 43.4 Å². The number of nitrogens with one attached hydrogen (secondary N) is 1. The average molecular weight is 496 g/mol. The minimum absolute atomic E-state index is 0.116. The van der Waals surface area contributed by atoms with E-state index in [0.29, 0.717) is 18.1 Å². The molecule has 178 valence electrons. The van der Waals surface area contributed by atoms with Gasteiger partial charge in [0.15, 0.2) is 0 Å². The summed E-state index contributed by atoms with van der Waals surface area (Å²) < 4.78 is 27.2. The molecule has 4 rings (SSSR count). The normalized spacial score (nSPS) is 15.7. The van der Waals surface area contributed by atoms with E-state index in [9.17, 15) is 13.2 Å². The van der Waals surface area contributed by atoms with E-state index in [2.05, 4.69) is 10.3 Å². The molecule has 1 saturated heterocycles. The van der Waals surface area contributed by atoms with Crippen molar-refractivity contribution in [2.75, 3.05) is 13.1 Å². The Bertz CT molecular complexity index is 1140. The van der Waals surface area contributed by atoms with Crippen LogP contribution < -0.4 is 5.32 Å².